The fourth-order valence-electron chi connectivity index (χ4n) is 1.65. The number of hydrogen-bond acceptors (Lipinski definition) is 2. The van der Waals surface area contributed by atoms with Gasteiger partial charge in [0.05, 0.1) is 15.6 Å². The molecule has 2 N–H and O–H groups in total. The van der Waals surface area contributed by atoms with Crippen LogP contribution in [0.2, 0.25) is 0 Å². The van der Waals surface area contributed by atoms with Crippen molar-refractivity contribution in [3.8, 4) is 5.75 Å². The minimum Gasteiger partial charge on any atom is -0.491 e. The molecule has 0 aliphatic rings. The van der Waals surface area contributed by atoms with Gasteiger partial charge in [0.15, 0.2) is 0 Å². The summed E-state index contributed by atoms with van der Waals surface area (Å²) in [6.07, 6.45) is 0.792. The fraction of sp³-hybridized carbons (Fsp3) is 0.143. The Hall–Kier alpha value is -1.000. The molecule has 2 aromatic carbocycles. The smallest absolute Gasteiger partial charge is 0.147 e. The van der Waals surface area contributed by atoms with Crippen LogP contribution in [-0.2, 0) is 6.42 Å². The molecular weight excluding hydrogens is 358 g/mol. The van der Waals surface area contributed by atoms with Crippen molar-refractivity contribution in [2.24, 2.45) is 0 Å². The van der Waals surface area contributed by atoms with Crippen LogP contribution in [0.25, 0.3) is 0 Å². The van der Waals surface area contributed by atoms with Gasteiger partial charge in [-0.05, 0) is 55.6 Å². The van der Waals surface area contributed by atoms with Crippen LogP contribution in [-0.4, -0.2) is 6.61 Å². The van der Waals surface area contributed by atoms with Crippen LogP contribution in [0.3, 0.4) is 0 Å². The van der Waals surface area contributed by atoms with Crippen molar-refractivity contribution in [2.45, 2.75) is 6.42 Å². The van der Waals surface area contributed by atoms with Crippen LogP contribution < -0.4 is 10.5 Å². The summed E-state index contributed by atoms with van der Waals surface area (Å²) in [7, 11) is 0. The number of para-hydroxylation sites is 2. The SMILES string of the molecule is Nc1ccccc1CCOc1c(Br)cccc1Br. The highest BCUT2D eigenvalue weighted by Gasteiger charge is 2.06. The minimum absolute atomic E-state index is 0.593. The molecule has 0 spiro atoms. The number of anilines is 1. The Morgan fingerprint density at radius 2 is 1.61 bits per heavy atom. The summed E-state index contributed by atoms with van der Waals surface area (Å²) < 4.78 is 7.66. The molecule has 0 radical (unpaired) electrons. The van der Waals surface area contributed by atoms with E-state index in [0.29, 0.717) is 6.61 Å². The molecule has 0 atom stereocenters. The van der Waals surface area contributed by atoms with Gasteiger partial charge in [-0.25, -0.2) is 0 Å². The Balaban J connectivity index is 1.99. The maximum Gasteiger partial charge on any atom is 0.147 e. The Labute approximate surface area is 123 Å². The monoisotopic (exact) mass is 369 g/mol. The number of benzene rings is 2. The Bertz CT molecular complexity index is 523. The highest BCUT2D eigenvalue weighted by molar-refractivity contribution is 9.11. The van der Waals surface area contributed by atoms with Gasteiger partial charge in [-0.3, -0.25) is 0 Å². The highest BCUT2D eigenvalue weighted by Crippen LogP contribution is 2.33. The van der Waals surface area contributed by atoms with Gasteiger partial charge in [0.25, 0.3) is 0 Å². The molecular formula is C14H13Br2NO. The summed E-state index contributed by atoms with van der Waals surface area (Å²) in [6.45, 7) is 0.593. The Morgan fingerprint density at radius 1 is 0.944 bits per heavy atom. The second kappa shape index (κ2) is 6.25. The van der Waals surface area contributed by atoms with Crippen LogP contribution in [0.4, 0.5) is 5.69 Å². The molecule has 0 aromatic heterocycles. The number of rotatable bonds is 4. The predicted octanol–water partition coefficient (Wildman–Crippen LogP) is 4.42. The van der Waals surface area contributed by atoms with Crippen molar-refractivity contribution in [3.05, 3.63) is 57.0 Å². The first-order valence-electron chi connectivity index (χ1n) is 5.58. The van der Waals surface area contributed by atoms with Crippen LogP contribution in [0.1, 0.15) is 5.56 Å². The molecule has 2 nitrogen and oxygen atoms in total. The van der Waals surface area contributed by atoms with Crippen LogP contribution >= 0.6 is 31.9 Å². The predicted molar refractivity (Wildman–Crippen MR) is 81.9 cm³/mol. The minimum atomic E-state index is 0.593. The summed E-state index contributed by atoms with van der Waals surface area (Å²) in [4.78, 5) is 0. The molecule has 0 amide bonds. The lowest BCUT2D eigenvalue weighted by Crippen LogP contribution is -2.04. The van der Waals surface area contributed by atoms with E-state index < -0.39 is 0 Å². The Kier molecular flexibility index (Phi) is 4.66. The lowest BCUT2D eigenvalue weighted by molar-refractivity contribution is 0.318. The molecule has 0 saturated carbocycles. The van der Waals surface area contributed by atoms with Crippen LogP contribution in [0, 0.1) is 0 Å². The van der Waals surface area contributed by atoms with E-state index in [4.69, 9.17) is 10.5 Å². The molecule has 0 aliphatic carbocycles. The standard InChI is InChI=1S/C14H13Br2NO/c15-11-5-3-6-12(16)14(11)18-9-8-10-4-1-2-7-13(10)17/h1-7H,8-9,17H2. The van der Waals surface area contributed by atoms with E-state index in [1.807, 2.05) is 42.5 Å². The quantitative estimate of drug-likeness (QED) is 0.808. The number of hydrogen-bond donors (Lipinski definition) is 1. The van der Waals surface area contributed by atoms with Gasteiger partial charge >= 0.3 is 0 Å². The van der Waals surface area contributed by atoms with E-state index in [-0.39, 0.29) is 0 Å². The second-order valence-electron chi connectivity index (χ2n) is 3.85. The van der Waals surface area contributed by atoms with E-state index in [9.17, 15) is 0 Å². The molecule has 2 aromatic rings. The van der Waals surface area contributed by atoms with Gasteiger partial charge in [0, 0.05) is 12.1 Å². The van der Waals surface area contributed by atoms with E-state index >= 15 is 0 Å². The van der Waals surface area contributed by atoms with Crippen molar-refractivity contribution >= 4 is 37.5 Å². The zero-order chi connectivity index (χ0) is 13.0. The number of nitrogen functional groups attached to an aromatic ring is 1. The third-order valence-corrected chi connectivity index (χ3v) is 3.84. The molecule has 0 unspecified atom stereocenters. The van der Waals surface area contributed by atoms with Gasteiger partial charge < -0.3 is 10.5 Å². The zero-order valence-corrected chi connectivity index (χ0v) is 12.9. The highest BCUT2D eigenvalue weighted by atomic mass is 79.9. The molecule has 94 valence electrons. The lowest BCUT2D eigenvalue weighted by atomic mass is 10.1. The summed E-state index contributed by atoms with van der Waals surface area (Å²) in [5.41, 5.74) is 7.81. The molecule has 0 heterocycles. The van der Waals surface area contributed by atoms with Crippen molar-refractivity contribution in [3.63, 3.8) is 0 Å². The molecule has 4 heteroatoms. The normalized spacial score (nSPS) is 10.3. The van der Waals surface area contributed by atoms with Crippen molar-refractivity contribution in [1.82, 2.24) is 0 Å². The van der Waals surface area contributed by atoms with E-state index in [1.54, 1.807) is 0 Å². The first-order valence-corrected chi connectivity index (χ1v) is 7.17. The zero-order valence-electron chi connectivity index (χ0n) is 9.70. The lowest BCUT2D eigenvalue weighted by Gasteiger charge is -2.11. The topological polar surface area (TPSA) is 35.2 Å². The van der Waals surface area contributed by atoms with E-state index in [0.717, 1.165) is 32.4 Å². The molecule has 0 saturated heterocycles. The fourth-order valence-corrected chi connectivity index (χ4v) is 2.87. The van der Waals surface area contributed by atoms with Crippen molar-refractivity contribution < 1.29 is 4.74 Å². The molecule has 18 heavy (non-hydrogen) atoms. The van der Waals surface area contributed by atoms with E-state index in [1.165, 1.54) is 0 Å². The first kappa shape index (κ1) is 13.4. The second-order valence-corrected chi connectivity index (χ2v) is 5.56. The maximum atomic E-state index is 5.89. The maximum absolute atomic E-state index is 5.89. The average Bonchev–Trinajstić information content (AvgIpc) is 2.35. The molecule has 2 rings (SSSR count). The third-order valence-electron chi connectivity index (χ3n) is 2.59. The van der Waals surface area contributed by atoms with E-state index in [2.05, 4.69) is 31.9 Å². The molecule has 0 bridgehead atoms. The number of nitrogens with two attached hydrogens (primary N) is 1. The number of ether oxygens (including phenoxy) is 1. The van der Waals surface area contributed by atoms with Gasteiger partial charge in [0.2, 0.25) is 0 Å². The van der Waals surface area contributed by atoms with Gasteiger partial charge in [0.1, 0.15) is 5.75 Å². The summed E-state index contributed by atoms with van der Waals surface area (Å²) in [5, 5.41) is 0. The first-order chi connectivity index (χ1) is 8.68. The van der Waals surface area contributed by atoms with Gasteiger partial charge in [-0.1, -0.05) is 24.3 Å². The van der Waals surface area contributed by atoms with Crippen LogP contribution in [0.15, 0.2) is 51.4 Å². The van der Waals surface area contributed by atoms with Gasteiger partial charge in [-0.15, -0.1) is 0 Å². The van der Waals surface area contributed by atoms with Crippen molar-refractivity contribution in [1.29, 1.82) is 0 Å². The molecule has 0 aliphatic heterocycles. The summed E-state index contributed by atoms with van der Waals surface area (Å²) in [5.74, 6) is 0.826. The molecule has 0 fully saturated rings. The van der Waals surface area contributed by atoms with Crippen molar-refractivity contribution in [2.75, 3.05) is 12.3 Å². The van der Waals surface area contributed by atoms with Gasteiger partial charge in [-0.2, -0.15) is 0 Å². The third kappa shape index (κ3) is 3.27. The largest absolute Gasteiger partial charge is 0.491 e. The van der Waals surface area contributed by atoms with Crippen LogP contribution in [0.5, 0.6) is 5.75 Å². The number of halogens is 2. The average molecular weight is 371 g/mol. The summed E-state index contributed by atoms with van der Waals surface area (Å²) >= 11 is 6.94. The Morgan fingerprint density at radius 3 is 2.28 bits per heavy atom. The summed E-state index contributed by atoms with van der Waals surface area (Å²) in [6, 6.07) is 13.7.